The number of alkyl halides is 11. The molecule has 1 aromatic carbocycles. The fourth-order valence-corrected chi connectivity index (χ4v) is 2.25. The van der Waals surface area contributed by atoms with Crippen LogP contribution in [0.3, 0.4) is 0 Å². The highest BCUT2D eigenvalue weighted by Crippen LogP contribution is 2.69. The molecule has 0 saturated heterocycles. The summed E-state index contributed by atoms with van der Waals surface area (Å²) < 4.78 is 148. The number of para-hydroxylation sites is 1. The zero-order valence-corrected chi connectivity index (χ0v) is 12.0. The Hall–Kier alpha value is -2.08. The van der Waals surface area contributed by atoms with Crippen LogP contribution in [0.2, 0.25) is 0 Å². The number of carbonyl (C=O) groups is 1. The van der Waals surface area contributed by atoms with Crippen LogP contribution in [0.5, 0.6) is 0 Å². The van der Waals surface area contributed by atoms with E-state index in [1.807, 2.05) is 0 Å². The lowest BCUT2D eigenvalue weighted by atomic mass is 9.71. The van der Waals surface area contributed by atoms with Crippen LogP contribution in [0.4, 0.5) is 54.0 Å². The highest BCUT2D eigenvalue weighted by Gasteiger charge is 3.02. The van der Waals surface area contributed by atoms with Gasteiger partial charge >= 0.3 is 35.3 Å². The monoisotopic (exact) mass is 401 g/mol. The van der Waals surface area contributed by atoms with E-state index in [0.29, 0.717) is 0 Å². The molecule has 26 heavy (non-hydrogen) atoms. The predicted molar refractivity (Wildman–Crippen MR) is 63.6 cm³/mol. The van der Waals surface area contributed by atoms with Crippen LogP contribution in [0, 0.1) is 0 Å². The second-order valence-electron chi connectivity index (χ2n) is 5.35. The Morgan fingerprint density at radius 1 is 0.615 bits per heavy atom. The SMILES string of the molecule is O=C(Nc1ccccc1)C1(F)C(F)(F)C(F)(F)C(F)(F)C(F)(F)C1(F)F. The maximum Gasteiger partial charge on any atom is 0.384 e. The molecule has 2 rings (SSSR count). The van der Waals surface area contributed by atoms with E-state index in [9.17, 15) is 53.1 Å². The lowest BCUT2D eigenvalue weighted by Gasteiger charge is -2.51. The minimum atomic E-state index is -7.35. The molecule has 0 atom stereocenters. The molecule has 1 aliphatic carbocycles. The molecule has 0 heterocycles. The summed E-state index contributed by atoms with van der Waals surface area (Å²) in [5, 5.41) is 0.981. The second-order valence-corrected chi connectivity index (χ2v) is 5.35. The zero-order chi connectivity index (χ0) is 20.4. The number of nitrogens with one attached hydrogen (secondary N) is 1. The predicted octanol–water partition coefficient (Wildman–Crippen LogP) is 4.52. The van der Waals surface area contributed by atoms with Crippen molar-refractivity contribution in [3.8, 4) is 0 Å². The summed E-state index contributed by atoms with van der Waals surface area (Å²) in [6.07, 6.45) is 0. The number of hydrogen-bond acceptors (Lipinski definition) is 1. The fourth-order valence-electron chi connectivity index (χ4n) is 2.25. The van der Waals surface area contributed by atoms with E-state index in [1.165, 1.54) is 6.07 Å². The van der Waals surface area contributed by atoms with Gasteiger partial charge in [-0.1, -0.05) is 18.2 Å². The average Bonchev–Trinajstić information content (AvgIpc) is 2.52. The first-order valence-electron chi connectivity index (χ1n) is 6.44. The van der Waals surface area contributed by atoms with Gasteiger partial charge in [-0.3, -0.25) is 4.79 Å². The highest BCUT2D eigenvalue weighted by molar-refractivity contribution is 5.99. The maximum atomic E-state index is 14.3. The van der Waals surface area contributed by atoms with Crippen molar-refractivity contribution in [2.24, 2.45) is 0 Å². The van der Waals surface area contributed by atoms with Gasteiger partial charge in [0.2, 0.25) is 0 Å². The third kappa shape index (κ3) is 1.96. The van der Waals surface area contributed by atoms with E-state index in [2.05, 4.69) is 0 Å². The molecule has 13 heteroatoms. The lowest BCUT2D eigenvalue weighted by molar-refractivity contribution is -0.475. The van der Waals surface area contributed by atoms with Crippen LogP contribution < -0.4 is 5.32 Å². The maximum absolute atomic E-state index is 14.3. The molecule has 146 valence electrons. The zero-order valence-electron chi connectivity index (χ0n) is 12.0. The first-order chi connectivity index (χ1) is 11.5. The van der Waals surface area contributed by atoms with Gasteiger partial charge < -0.3 is 5.32 Å². The molecule has 0 radical (unpaired) electrons. The first-order valence-corrected chi connectivity index (χ1v) is 6.44. The topological polar surface area (TPSA) is 29.1 Å². The van der Waals surface area contributed by atoms with Crippen molar-refractivity contribution < 1.29 is 53.1 Å². The minimum absolute atomic E-state index is 0.718. The lowest BCUT2D eigenvalue weighted by Crippen LogP contribution is -2.86. The van der Waals surface area contributed by atoms with Crippen molar-refractivity contribution in [2.75, 3.05) is 5.32 Å². The standard InChI is InChI=1S/C13H6F11NO/c14-8(7(26)25-6-4-2-1-3-5-6)9(15,16)11(19,20)13(23,24)12(21,22)10(8,17)18/h1-5H,(H,25,26). The van der Waals surface area contributed by atoms with Crippen LogP contribution in [0.25, 0.3) is 0 Å². The van der Waals surface area contributed by atoms with Gasteiger partial charge in [-0.05, 0) is 12.1 Å². The Labute approximate surface area is 137 Å². The first kappa shape index (κ1) is 20.2. The number of rotatable bonds is 2. The Morgan fingerprint density at radius 2 is 0.962 bits per heavy atom. The van der Waals surface area contributed by atoms with Crippen LogP contribution in [0.1, 0.15) is 0 Å². The van der Waals surface area contributed by atoms with Gasteiger partial charge in [-0.15, -0.1) is 0 Å². The number of amides is 1. The Balaban J connectivity index is 2.69. The van der Waals surface area contributed by atoms with Crippen molar-refractivity contribution in [3.05, 3.63) is 30.3 Å². The third-order valence-corrected chi connectivity index (χ3v) is 3.79. The van der Waals surface area contributed by atoms with Gasteiger partial charge in [-0.2, -0.15) is 43.9 Å². The summed E-state index contributed by atoms with van der Waals surface area (Å²) in [4.78, 5) is 11.5. The minimum Gasteiger partial charge on any atom is -0.323 e. The molecule has 1 N–H and O–H groups in total. The molecule has 1 fully saturated rings. The summed E-state index contributed by atoms with van der Waals surface area (Å²) in [5.41, 5.74) is -7.41. The summed E-state index contributed by atoms with van der Waals surface area (Å²) in [6, 6.07) is 4.91. The van der Waals surface area contributed by atoms with Gasteiger partial charge in [-0.25, -0.2) is 4.39 Å². The number of hydrogen-bond donors (Lipinski definition) is 1. The van der Waals surface area contributed by atoms with Gasteiger partial charge in [0.15, 0.2) is 0 Å². The highest BCUT2D eigenvalue weighted by atomic mass is 19.4. The summed E-state index contributed by atoms with van der Waals surface area (Å²) >= 11 is 0. The van der Waals surface area contributed by atoms with Crippen LogP contribution in [0.15, 0.2) is 30.3 Å². The third-order valence-electron chi connectivity index (χ3n) is 3.79. The van der Waals surface area contributed by atoms with E-state index in [1.54, 1.807) is 0 Å². The van der Waals surface area contributed by atoms with Gasteiger partial charge in [0.05, 0.1) is 0 Å². The van der Waals surface area contributed by atoms with Gasteiger partial charge in [0, 0.05) is 5.69 Å². The number of carbonyl (C=O) groups excluding carboxylic acids is 1. The van der Waals surface area contributed by atoms with E-state index < -0.39 is 46.9 Å². The van der Waals surface area contributed by atoms with E-state index >= 15 is 0 Å². The molecule has 0 bridgehead atoms. The molecular weight excluding hydrogens is 395 g/mol. The van der Waals surface area contributed by atoms with E-state index in [0.717, 1.165) is 29.6 Å². The van der Waals surface area contributed by atoms with E-state index in [4.69, 9.17) is 0 Å². The fraction of sp³-hybridized carbons (Fsp3) is 0.462. The van der Waals surface area contributed by atoms with Crippen molar-refractivity contribution in [1.82, 2.24) is 0 Å². The molecule has 1 saturated carbocycles. The summed E-state index contributed by atoms with van der Waals surface area (Å²) in [5.74, 6) is -39.7. The van der Waals surface area contributed by atoms with Crippen molar-refractivity contribution >= 4 is 11.6 Å². The van der Waals surface area contributed by atoms with E-state index in [-0.39, 0.29) is 0 Å². The quantitative estimate of drug-likeness (QED) is 0.726. The van der Waals surface area contributed by atoms with Crippen molar-refractivity contribution in [2.45, 2.75) is 35.3 Å². The molecule has 1 amide bonds. The van der Waals surface area contributed by atoms with Crippen molar-refractivity contribution in [1.29, 1.82) is 0 Å². The van der Waals surface area contributed by atoms with Gasteiger partial charge in [0.1, 0.15) is 0 Å². The Kier molecular flexibility index (Phi) is 4.06. The molecule has 0 unspecified atom stereocenters. The Bertz CT molecular complexity index is 686. The van der Waals surface area contributed by atoms with Crippen LogP contribution in [-0.4, -0.2) is 41.2 Å². The second kappa shape index (κ2) is 5.22. The largest absolute Gasteiger partial charge is 0.384 e. The number of benzene rings is 1. The molecule has 1 aromatic rings. The molecule has 0 aliphatic heterocycles. The van der Waals surface area contributed by atoms with Gasteiger partial charge in [0.25, 0.3) is 5.91 Å². The summed E-state index contributed by atoms with van der Waals surface area (Å²) in [6.45, 7) is 0. The number of halogens is 11. The normalized spacial score (nSPS) is 26.7. The Morgan fingerprint density at radius 3 is 1.35 bits per heavy atom. The average molecular weight is 401 g/mol. The molecule has 0 aromatic heterocycles. The van der Waals surface area contributed by atoms with Crippen LogP contribution >= 0.6 is 0 Å². The molecule has 1 aliphatic rings. The van der Waals surface area contributed by atoms with Crippen LogP contribution in [-0.2, 0) is 4.79 Å². The summed E-state index contributed by atoms with van der Waals surface area (Å²) in [7, 11) is 0. The molecular formula is C13H6F11NO. The van der Waals surface area contributed by atoms with Crippen molar-refractivity contribution in [3.63, 3.8) is 0 Å². The smallest absolute Gasteiger partial charge is 0.323 e. The number of anilines is 1. The molecule has 0 spiro atoms. The molecule has 2 nitrogen and oxygen atoms in total.